The molecule has 10 nitrogen and oxygen atoms in total. The van der Waals surface area contributed by atoms with Crippen molar-refractivity contribution in [2.45, 2.75) is 49.2 Å². The second-order valence-electron chi connectivity index (χ2n) is 8.82. The molecule has 3 atom stereocenters. The first-order valence-electron chi connectivity index (χ1n) is 11.5. The van der Waals surface area contributed by atoms with Gasteiger partial charge in [0.05, 0.1) is 17.5 Å². The van der Waals surface area contributed by atoms with Gasteiger partial charge in [-0.15, -0.1) is 22.7 Å². The molecule has 5 rings (SSSR count). The number of nitrogens with zero attached hydrogens (tertiary/aromatic N) is 3. The lowest BCUT2D eigenvalue weighted by atomic mass is 10.1. The lowest BCUT2D eigenvalue weighted by molar-refractivity contribution is -0.607. The summed E-state index contributed by atoms with van der Waals surface area (Å²) in [6.07, 6.45) is 3.44. The van der Waals surface area contributed by atoms with Gasteiger partial charge >= 0.3 is 0 Å². The number of amides is 2. The van der Waals surface area contributed by atoms with Crippen LogP contribution in [0.4, 0.5) is 0 Å². The molecule has 3 unspecified atom stereocenters. The Labute approximate surface area is 215 Å². The Bertz CT molecular complexity index is 1420. The highest BCUT2D eigenvalue weighted by Gasteiger charge is 2.54. The van der Waals surface area contributed by atoms with E-state index in [1.165, 1.54) is 45.9 Å². The fraction of sp³-hybridized carbons (Fsp3) is 0.391. The molecule has 3 aromatic rings. The number of pyridine rings is 1. The van der Waals surface area contributed by atoms with Crippen molar-refractivity contribution in [1.29, 1.82) is 0 Å². The van der Waals surface area contributed by atoms with Gasteiger partial charge in [0.25, 0.3) is 5.91 Å². The number of hydrogen-bond donors (Lipinski definition) is 1. The zero-order valence-corrected chi connectivity index (χ0v) is 21.8. The number of aromatic nitrogens is 1. The Kier molecular flexibility index (Phi) is 6.57. The van der Waals surface area contributed by atoms with Gasteiger partial charge in [-0.2, -0.15) is 9.04 Å². The minimum atomic E-state index is -4.10. The lowest BCUT2D eigenvalue weighted by Crippen LogP contribution is -2.52. The third-order valence-electron chi connectivity index (χ3n) is 6.56. The number of sulfonamides is 1. The summed E-state index contributed by atoms with van der Waals surface area (Å²) >= 11 is 2.89. The Morgan fingerprint density at radius 2 is 2.11 bits per heavy atom. The van der Waals surface area contributed by atoms with Gasteiger partial charge in [0.1, 0.15) is 17.0 Å². The molecule has 2 amide bonds. The van der Waals surface area contributed by atoms with Crippen LogP contribution < -0.4 is 10.0 Å². The number of Topliss-reactive ketones (excluding diaryl/α,β-unsaturated/α-hetero) is 1. The lowest BCUT2D eigenvalue weighted by Gasteiger charge is -2.28. The minimum Gasteiger partial charge on any atom is -0.619 e. The van der Waals surface area contributed by atoms with E-state index in [2.05, 4.69) is 5.32 Å². The van der Waals surface area contributed by atoms with Crippen molar-refractivity contribution in [3.63, 3.8) is 0 Å². The zero-order valence-electron chi connectivity index (χ0n) is 19.3. The summed E-state index contributed by atoms with van der Waals surface area (Å²) in [4.78, 5) is 41.2. The number of ketones is 1. The van der Waals surface area contributed by atoms with Crippen molar-refractivity contribution in [1.82, 2.24) is 14.5 Å². The second-order valence-corrected chi connectivity index (χ2v) is 12.7. The molecule has 2 aliphatic heterocycles. The normalized spacial score (nSPS) is 21.1. The molecule has 0 aliphatic carbocycles. The largest absolute Gasteiger partial charge is 0.619 e. The van der Waals surface area contributed by atoms with E-state index < -0.39 is 28.1 Å². The summed E-state index contributed by atoms with van der Waals surface area (Å²) in [6.45, 7) is 1.73. The summed E-state index contributed by atoms with van der Waals surface area (Å²) in [5.41, 5.74) is 0. The van der Waals surface area contributed by atoms with E-state index in [9.17, 15) is 28.0 Å². The number of likely N-dealkylation sites (tertiary alicyclic amines) is 1. The monoisotopic (exact) mass is 548 g/mol. The molecule has 2 fully saturated rings. The van der Waals surface area contributed by atoms with Crippen LogP contribution in [0.15, 0.2) is 46.9 Å². The van der Waals surface area contributed by atoms with Gasteiger partial charge < -0.3 is 15.4 Å². The van der Waals surface area contributed by atoms with Gasteiger partial charge in [-0.05, 0) is 36.4 Å². The van der Waals surface area contributed by atoms with Crippen LogP contribution in [0.1, 0.15) is 35.9 Å². The third-order valence-corrected chi connectivity index (χ3v) is 10.5. The topological polar surface area (TPSA) is 131 Å². The number of thiophene rings is 2. The summed E-state index contributed by atoms with van der Waals surface area (Å²) in [5.74, 6) is -1.11. The smallest absolute Gasteiger partial charge is 0.262 e. The van der Waals surface area contributed by atoms with Crippen LogP contribution in [-0.2, 0) is 19.6 Å². The minimum absolute atomic E-state index is 0.201. The SMILES string of the molecule is CCCC(NC(=O)c1cc2sccc2s1)C(=O)N1CCC2C1C(=O)CN2S(=O)(=O)c1ccc[n+]([O-])c1. The summed E-state index contributed by atoms with van der Waals surface area (Å²) in [7, 11) is -4.10. The summed E-state index contributed by atoms with van der Waals surface area (Å²) in [5, 5.41) is 16.4. The molecule has 3 aromatic heterocycles. The fourth-order valence-electron chi connectivity index (χ4n) is 4.92. The van der Waals surface area contributed by atoms with Crippen molar-refractivity contribution in [3.05, 3.63) is 52.1 Å². The molecule has 5 heterocycles. The number of fused-ring (bicyclic) bond motifs is 2. The highest BCUT2D eigenvalue weighted by molar-refractivity contribution is 7.89. The fourth-order valence-corrected chi connectivity index (χ4v) is 8.56. The molecule has 2 aliphatic rings. The van der Waals surface area contributed by atoms with E-state index in [-0.39, 0.29) is 35.6 Å². The predicted molar refractivity (Wildman–Crippen MR) is 134 cm³/mol. The van der Waals surface area contributed by atoms with Crippen LogP contribution in [0.2, 0.25) is 0 Å². The first-order valence-corrected chi connectivity index (χ1v) is 14.7. The van der Waals surface area contributed by atoms with Crippen LogP contribution in [0.5, 0.6) is 0 Å². The van der Waals surface area contributed by atoms with Crippen molar-refractivity contribution < 1.29 is 27.5 Å². The molecule has 13 heteroatoms. The molecular formula is C23H24N4O6S3. The van der Waals surface area contributed by atoms with E-state index in [4.69, 9.17) is 0 Å². The molecule has 1 N–H and O–H groups in total. The van der Waals surface area contributed by atoms with Gasteiger partial charge in [0, 0.05) is 22.0 Å². The molecular weight excluding hydrogens is 524 g/mol. The van der Waals surface area contributed by atoms with Crippen LogP contribution in [0.3, 0.4) is 0 Å². The second kappa shape index (κ2) is 9.54. The molecule has 0 bridgehead atoms. The van der Waals surface area contributed by atoms with Crippen molar-refractivity contribution in [3.8, 4) is 0 Å². The van der Waals surface area contributed by atoms with Crippen molar-refractivity contribution in [2.24, 2.45) is 0 Å². The number of nitrogens with one attached hydrogen (secondary N) is 1. The Balaban J connectivity index is 1.35. The van der Waals surface area contributed by atoms with Crippen molar-refractivity contribution in [2.75, 3.05) is 13.1 Å². The van der Waals surface area contributed by atoms with Gasteiger partial charge in [-0.25, -0.2) is 8.42 Å². The van der Waals surface area contributed by atoms with Gasteiger partial charge in [0.2, 0.25) is 15.9 Å². The van der Waals surface area contributed by atoms with Crippen LogP contribution in [0.25, 0.3) is 9.40 Å². The van der Waals surface area contributed by atoms with E-state index in [0.29, 0.717) is 28.9 Å². The average molecular weight is 549 g/mol. The van der Waals surface area contributed by atoms with Gasteiger partial charge in [-0.1, -0.05) is 13.3 Å². The summed E-state index contributed by atoms with van der Waals surface area (Å²) < 4.78 is 29.9. The first kappa shape index (κ1) is 24.8. The van der Waals surface area contributed by atoms with E-state index >= 15 is 0 Å². The highest BCUT2D eigenvalue weighted by Crippen LogP contribution is 2.34. The molecule has 0 saturated carbocycles. The Hall–Kier alpha value is -2.87. The number of carbonyl (C=O) groups excluding carboxylic acids is 3. The average Bonchev–Trinajstić information content (AvgIpc) is 3.60. The van der Waals surface area contributed by atoms with Gasteiger partial charge in [-0.3, -0.25) is 14.4 Å². The van der Waals surface area contributed by atoms with Crippen molar-refractivity contribution >= 4 is 59.7 Å². The molecule has 2 saturated heterocycles. The standard InChI is InChI=1S/C23H24N4O6S3/c1-2-4-15(24-22(29)20-11-19-18(35-20)7-10-34-19)23(30)26-9-6-16-21(26)17(28)13-27(16)36(32,33)14-5-3-8-25(31)12-14/h3,5,7-8,10-12,15-16,21H,2,4,6,9,13H2,1H3,(H,24,29). The van der Waals surface area contributed by atoms with E-state index in [0.717, 1.165) is 19.9 Å². The maximum Gasteiger partial charge on any atom is 0.262 e. The maximum absolute atomic E-state index is 13.5. The first-order chi connectivity index (χ1) is 17.2. The van der Waals surface area contributed by atoms with Crippen LogP contribution in [-0.4, -0.2) is 66.4 Å². The van der Waals surface area contributed by atoms with E-state index in [1.807, 2.05) is 18.4 Å². The molecule has 190 valence electrons. The quantitative estimate of drug-likeness (QED) is 0.354. The van der Waals surface area contributed by atoms with Crippen LogP contribution >= 0.6 is 22.7 Å². The van der Waals surface area contributed by atoms with E-state index in [1.54, 1.807) is 6.07 Å². The number of carbonyl (C=O) groups is 3. The number of rotatable bonds is 7. The molecule has 0 radical (unpaired) electrons. The molecule has 0 spiro atoms. The molecule has 36 heavy (non-hydrogen) atoms. The summed E-state index contributed by atoms with van der Waals surface area (Å²) in [6, 6.07) is 3.92. The highest BCUT2D eigenvalue weighted by atomic mass is 32.2. The number of hydrogen-bond acceptors (Lipinski definition) is 8. The zero-order chi connectivity index (χ0) is 25.6. The third kappa shape index (κ3) is 4.29. The Morgan fingerprint density at radius 3 is 2.83 bits per heavy atom. The predicted octanol–water partition coefficient (Wildman–Crippen LogP) is 1.74. The Morgan fingerprint density at radius 1 is 1.31 bits per heavy atom. The van der Waals surface area contributed by atoms with Gasteiger partial charge in [0.15, 0.2) is 18.2 Å². The molecule has 0 aromatic carbocycles. The maximum atomic E-state index is 13.5. The van der Waals surface area contributed by atoms with Crippen LogP contribution in [0, 0.1) is 5.21 Å².